The van der Waals surface area contributed by atoms with Crippen molar-refractivity contribution in [1.29, 1.82) is 0 Å². The van der Waals surface area contributed by atoms with E-state index in [9.17, 15) is 4.39 Å². The Kier molecular flexibility index (Phi) is 5.99. The highest BCUT2D eigenvalue weighted by atomic mass is 19.1. The van der Waals surface area contributed by atoms with Gasteiger partial charge in [-0.1, -0.05) is 30.3 Å². The van der Waals surface area contributed by atoms with Gasteiger partial charge in [0.2, 0.25) is 0 Å². The first kappa shape index (κ1) is 17.7. The number of nitrogens with zero attached hydrogens (tertiary/aromatic N) is 1. The zero-order chi connectivity index (χ0) is 18.2. The predicted octanol–water partition coefficient (Wildman–Crippen LogP) is 5.55. The van der Waals surface area contributed by atoms with E-state index >= 15 is 0 Å². The molecule has 0 radical (unpaired) electrons. The minimum Gasteiger partial charge on any atom is -0.494 e. The molecule has 0 saturated heterocycles. The van der Waals surface area contributed by atoms with Crippen LogP contribution in [0.5, 0.6) is 11.5 Å². The average Bonchev–Trinajstić information content (AvgIpc) is 2.68. The number of hydrogen-bond donors (Lipinski definition) is 0. The Hall–Kier alpha value is -3.14. The van der Waals surface area contributed by atoms with E-state index in [1.165, 1.54) is 6.07 Å². The fourth-order valence-corrected chi connectivity index (χ4v) is 2.43. The van der Waals surface area contributed by atoms with Gasteiger partial charge in [0.15, 0.2) is 0 Å². The van der Waals surface area contributed by atoms with Gasteiger partial charge in [0.05, 0.1) is 12.3 Å². The number of rotatable bonds is 7. The Labute approximate surface area is 152 Å². The summed E-state index contributed by atoms with van der Waals surface area (Å²) in [6.07, 6.45) is 1.74. The first-order chi connectivity index (χ1) is 12.8. The van der Waals surface area contributed by atoms with Crippen molar-refractivity contribution in [3.8, 4) is 11.5 Å². The molecule has 132 valence electrons. The van der Waals surface area contributed by atoms with Gasteiger partial charge in [-0.15, -0.1) is 0 Å². The van der Waals surface area contributed by atoms with Gasteiger partial charge in [-0.3, -0.25) is 4.99 Å². The molecule has 0 aromatic heterocycles. The molecular formula is C22H20FNO2. The first-order valence-electron chi connectivity index (χ1n) is 8.48. The summed E-state index contributed by atoms with van der Waals surface area (Å²) in [4.78, 5) is 4.48. The van der Waals surface area contributed by atoms with Crippen LogP contribution >= 0.6 is 0 Å². The van der Waals surface area contributed by atoms with Crippen molar-refractivity contribution in [2.75, 3.05) is 6.61 Å². The summed E-state index contributed by atoms with van der Waals surface area (Å²) in [7, 11) is 0. The average molecular weight is 349 g/mol. The fourth-order valence-electron chi connectivity index (χ4n) is 2.43. The number of para-hydroxylation sites is 1. The third-order valence-electron chi connectivity index (χ3n) is 3.76. The summed E-state index contributed by atoms with van der Waals surface area (Å²) < 4.78 is 24.9. The lowest BCUT2D eigenvalue weighted by atomic mass is 10.2. The summed E-state index contributed by atoms with van der Waals surface area (Å²) in [5.74, 6) is 1.21. The Balaban J connectivity index is 1.71. The van der Waals surface area contributed by atoms with E-state index in [0.717, 1.165) is 17.0 Å². The zero-order valence-corrected chi connectivity index (χ0v) is 14.6. The lowest BCUT2D eigenvalue weighted by Gasteiger charge is -2.09. The second kappa shape index (κ2) is 8.81. The molecule has 0 unspecified atom stereocenters. The lowest BCUT2D eigenvalue weighted by Crippen LogP contribution is -2.00. The van der Waals surface area contributed by atoms with Crippen LogP contribution in [0.4, 0.5) is 10.1 Å². The third-order valence-corrected chi connectivity index (χ3v) is 3.76. The minimum absolute atomic E-state index is 0.167. The Morgan fingerprint density at radius 3 is 2.38 bits per heavy atom. The van der Waals surface area contributed by atoms with Crippen LogP contribution in [0.25, 0.3) is 0 Å². The van der Waals surface area contributed by atoms with Crippen LogP contribution in [0, 0.1) is 5.82 Å². The largest absolute Gasteiger partial charge is 0.494 e. The summed E-state index contributed by atoms with van der Waals surface area (Å²) in [6, 6.07) is 21.7. The summed E-state index contributed by atoms with van der Waals surface area (Å²) in [5, 5.41) is 0. The molecule has 0 heterocycles. The highest BCUT2D eigenvalue weighted by molar-refractivity contribution is 5.85. The molecular weight excluding hydrogens is 329 g/mol. The van der Waals surface area contributed by atoms with Gasteiger partial charge in [-0.05, 0) is 49.4 Å². The van der Waals surface area contributed by atoms with Crippen LogP contribution in [-0.4, -0.2) is 12.8 Å². The molecule has 0 aliphatic carbocycles. The monoisotopic (exact) mass is 349 g/mol. The quantitative estimate of drug-likeness (QED) is 0.523. The highest BCUT2D eigenvalue weighted by Crippen LogP contribution is 2.21. The van der Waals surface area contributed by atoms with Gasteiger partial charge in [0, 0.05) is 17.3 Å². The summed E-state index contributed by atoms with van der Waals surface area (Å²) in [6.45, 7) is 2.75. The molecule has 26 heavy (non-hydrogen) atoms. The Morgan fingerprint density at radius 1 is 0.885 bits per heavy atom. The second-order valence-electron chi connectivity index (χ2n) is 5.60. The number of halogens is 1. The smallest absolute Gasteiger partial charge is 0.129 e. The van der Waals surface area contributed by atoms with Crippen molar-refractivity contribution in [2.45, 2.75) is 13.5 Å². The van der Waals surface area contributed by atoms with Crippen molar-refractivity contribution in [3.05, 3.63) is 89.7 Å². The maximum Gasteiger partial charge on any atom is 0.129 e. The van der Waals surface area contributed by atoms with Gasteiger partial charge in [-0.25, -0.2) is 4.39 Å². The molecule has 3 aromatic rings. The Morgan fingerprint density at radius 2 is 1.62 bits per heavy atom. The first-order valence-corrected chi connectivity index (χ1v) is 8.48. The molecule has 0 spiro atoms. The van der Waals surface area contributed by atoms with Crippen molar-refractivity contribution < 1.29 is 13.9 Å². The molecule has 0 bridgehead atoms. The van der Waals surface area contributed by atoms with E-state index in [2.05, 4.69) is 4.99 Å². The third kappa shape index (κ3) is 4.70. The van der Waals surface area contributed by atoms with Crippen molar-refractivity contribution in [2.24, 2.45) is 4.99 Å². The van der Waals surface area contributed by atoms with E-state index in [4.69, 9.17) is 9.47 Å². The number of benzene rings is 3. The van der Waals surface area contributed by atoms with E-state index in [1.54, 1.807) is 24.4 Å². The van der Waals surface area contributed by atoms with Gasteiger partial charge in [0.1, 0.15) is 23.9 Å². The van der Waals surface area contributed by atoms with Gasteiger partial charge < -0.3 is 9.47 Å². The second-order valence-corrected chi connectivity index (χ2v) is 5.60. The topological polar surface area (TPSA) is 30.8 Å². The normalized spacial score (nSPS) is 10.8. The molecule has 4 heteroatoms. The molecule has 0 amide bonds. The van der Waals surface area contributed by atoms with Crippen molar-refractivity contribution >= 4 is 11.9 Å². The molecule has 0 aliphatic heterocycles. The molecule has 0 fully saturated rings. The predicted molar refractivity (Wildman–Crippen MR) is 102 cm³/mol. The van der Waals surface area contributed by atoms with E-state index < -0.39 is 0 Å². The molecule has 3 rings (SSSR count). The van der Waals surface area contributed by atoms with Crippen molar-refractivity contribution in [3.63, 3.8) is 0 Å². The molecule has 3 aromatic carbocycles. The van der Waals surface area contributed by atoms with Crippen LogP contribution in [0.15, 0.2) is 77.8 Å². The molecule has 0 saturated carbocycles. The number of aliphatic imine (C=N–C) groups is 1. The molecule has 3 nitrogen and oxygen atoms in total. The van der Waals surface area contributed by atoms with E-state index in [-0.39, 0.29) is 12.4 Å². The summed E-state index contributed by atoms with van der Waals surface area (Å²) >= 11 is 0. The molecule has 0 N–H and O–H groups in total. The molecule has 0 atom stereocenters. The Bertz CT molecular complexity index is 875. The minimum atomic E-state index is -0.270. The van der Waals surface area contributed by atoms with Crippen LogP contribution in [-0.2, 0) is 6.61 Å². The van der Waals surface area contributed by atoms with Crippen molar-refractivity contribution in [1.82, 2.24) is 0 Å². The standard InChI is InChI=1S/C22H20FNO2/c1-2-25-20-13-11-19(12-14-20)24-15-17-7-4-6-10-22(17)26-16-18-8-3-5-9-21(18)23/h3-15H,2,16H2,1H3. The lowest BCUT2D eigenvalue weighted by molar-refractivity contribution is 0.299. The van der Waals surface area contributed by atoms with Crippen LogP contribution in [0.1, 0.15) is 18.1 Å². The fraction of sp³-hybridized carbons (Fsp3) is 0.136. The van der Waals surface area contributed by atoms with Crippen LogP contribution < -0.4 is 9.47 Å². The molecule has 0 aliphatic rings. The highest BCUT2D eigenvalue weighted by Gasteiger charge is 2.04. The van der Waals surface area contributed by atoms with Gasteiger partial charge >= 0.3 is 0 Å². The maximum atomic E-state index is 13.7. The van der Waals surface area contributed by atoms with Crippen LogP contribution in [0.3, 0.4) is 0 Å². The van der Waals surface area contributed by atoms with Gasteiger partial charge in [-0.2, -0.15) is 0 Å². The zero-order valence-electron chi connectivity index (χ0n) is 14.6. The maximum absolute atomic E-state index is 13.7. The van der Waals surface area contributed by atoms with E-state index in [0.29, 0.717) is 17.9 Å². The van der Waals surface area contributed by atoms with E-state index in [1.807, 2.05) is 55.5 Å². The van der Waals surface area contributed by atoms with Gasteiger partial charge in [0.25, 0.3) is 0 Å². The summed E-state index contributed by atoms with van der Waals surface area (Å²) in [5.41, 5.74) is 2.17. The SMILES string of the molecule is CCOc1ccc(N=Cc2ccccc2OCc2ccccc2F)cc1. The number of hydrogen-bond acceptors (Lipinski definition) is 3. The number of ether oxygens (including phenoxy) is 2. The van der Waals surface area contributed by atoms with Crippen LogP contribution in [0.2, 0.25) is 0 Å².